The van der Waals surface area contributed by atoms with Crippen molar-refractivity contribution in [1.29, 1.82) is 0 Å². The molecule has 2 bridgehead atoms. The number of alkyl carbamates (subject to hydrolysis) is 1. The standard InChI is InChI=1S/C31H41N3O9/c1-8-42-31(40)34-25-21-13-16(2)12-18(4)26(36)19(5)14-20(6)28(43-30(32)39)24(41-7)11-9-10-17(3)29(38)33-22(27(21)37)15-23(25)35/h9-11,14-16,18-19,24,28H,8,12-13H2,1-7H3,(H2,32,39)(H,33,38)(H,34,40)/b11-9-,17-10+,20-14+/t16-,18-,19-,24-,28-/m0/s1. The monoisotopic (exact) mass is 599 g/mol. The number of allylic oxidation sites excluding steroid dienone is 5. The van der Waals surface area contributed by atoms with Gasteiger partial charge in [0.05, 0.1) is 18.0 Å². The Morgan fingerprint density at radius 2 is 1.79 bits per heavy atom. The third-order valence-electron chi connectivity index (χ3n) is 7.12. The Hall–Kier alpha value is -4.32. The number of ether oxygens (including phenoxy) is 3. The zero-order valence-electron chi connectivity index (χ0n) is 25.6. The van der Waals surface area contributed by atoms with Crippen molar-refractivity contribution >= 4 is 35.4 Å². The van der Waals surface area contributed by atoms with Crippen LogP contribution < -0.4 is 16.4 Å². The summed E-state index contributed by atoms with van der Waals surface area (Å²) < 4.78 is 15.7. The number of fused-ring (bicyclic) bond motifs is 2. The van der Waals surface area contributed by atoms with Gasteiger partial charge in [-0.15, -0.1) is 0 Å². The number of primary amides is 1. The van der Waals surface area contributed by atoms with Gasteiger partial charge < -0.3 is 25.3 Å². The molecule has 0 unspecified atom stereocenters. The number of methoxy groups -OCH3 is 1. The highest BCUT2D eigenvalue weighted by Gasteiger charge is 2.33. The maximum absolute atomic E-state index is 13.5. The highest BCUT2D eigenvalue weighted by Crippen LogP contribution is 2.28. The molecule has 0 fully saturated rings. The molecule has 0 radical (unpaired) electrons. The number of rotatable bonds is 4. The van der Waals surface area contributed by atoms with Crippen LogP contribution in [0.2, 0.25) is 0 Å². The van der Waals surface area contributed by atoms with E-state index in [1.54, 1.807) is 39.8 Å². The Bertz CT molecular complexity index is 1310. The molecule has 1 heterocycles. The highest BCUT2D eigenvalue weighted by molar-refractivity contribution is 6.24. The van der Waals surface area contributed by atoms with Crippen molar-refractivity contribution in [1.82, 2.24) is 10.6 Å². The quantitative estimate of drug-likeness (QED) is 0.323. The van der Waals surface area contributed by atoms with Crippen molar-refractivity contribution in [3.63, 3.8) is 0 Å². The lowest BCUT2D eigenvalue weighted by molar-refractivity contribution is -0.125. The molecule has 0 aromatic heterocycles. The number of carbonyl (C=O) groups is 6. The normalized spacial score (nSPS) is 29.4. The van der Waals surface area contributed by atoms with Gasteiger partial charge in [0.1, 0.15) is 11.9 Å². The molecule has 1 aliphatic carbocycles. The second kappa shape index (κ2) is 15.8. The lowest BCUT2D eigenvalue weighted by Crippen LogP contribution is -2.38. The number of nitrogens with two attached hydrogens (primary N) is 1. The summed E-state index contributed by atoms with van der Waals surface area (Å²) in [6, 6.07) is 0. The maximum Gasteiger partial charge on any atom is 0.411 e. The van der Waals surface area contributed by atoms with Gasteiger partial charge in [-0.25, -0.2) is 9.59 Å². The zero-order chi connectivity index (χ0) is 32.4. The summed E-state index contributed by atoms with van der Waals surface area (Å²) in [5.41, 5.74) is 5.56. The molecular weight excluding hydrogens is 558 g/mol. The van der Waals surface area contributed by atoms with E-state index in [0.29, 0.717) is 12.0 Å². The van der Waals surface area contributed by atoms with Crippen molar-refractivity contribution in [3.8, 4) is 0 Å². The summed E-state index contributed by atoms with van der Waals surface area (Å²) in [6.45, 7) is 10.2. The maximum atomic E-state index is 13.5. The minimum atomic E-state index is -1.02. The number of hydrogen-bond acceptors (Lipinski definition) is 9. The van der Waals surface area contributed by atoms with E-state index in [-0.39, 0.29) is 47.3 Å². The summed E-state index contributed by atoms with van der Waals surface area (Å²) in [5, 5.41) is 4.86. The fourth-order valence-corrected chi connectivity index (χ4v) is 5.01. The molecule has 12 heteroatoms. The molecule has 234 valence electrons. The Balaban J connectivity index is 2.61. The zero-order valence-corrected chi connectivity index (χ0v) is 25.6. The minimum Gasteiger partial charge on any atom is -0.450 e. The van der Waals surface area contributed by atoms with Crippen molar-refractivity contribution in [3.05, 3.63) is 58.5 Å². The first-order valence-corrected chi connectivity index (χ1v) is 14.0. The SMILES string of the molecule is CCOC(=O)NC1=C2C[C@@H](C)C[C@H](C)C(=O)[C@@H](C)/C=C(\C)[C@H](OC(N)=O)[C@@H](OC)/C=C\C=C(/C)C(=O)NC(=CC1=O)C2=O. The van der Waals surface area contributed by atoms with E-state index < -0.39 is 53.7 Å². The van der Waals surface area contributed by atoms with Crippen LogP contribution in [0.15, 0.2) is 58.5 Å². The molecule has 4 N–H and O–H groups in total. The lowest BCUT2D eigenvalue weighted by Gasteiger charge is -2.25. The van der Waals surface area contributed by atoms with Crippen LogP contribution in [0.3, 0.4) is 0 Å². The fraction of sp³-hybridized carbons (Fsp3) is 0.484. The number of hydrogen-bond donors (Lipinski definition) is 3. The summed E-state index contributed by atoms with van der Waals surface area (Å²) in [5.74, 6) is -3.36. The molecule has 0 saturated heterocycles. The predicted octanol–water partition coefficient (Wildman–Crippen LogP) is 3.34. The van der Waals surface area contributed by atoms with Crippen molar-refractivity contribution in [2.75, 3.05) is 13.7 Å². The summed E-state index contributed by atoms with van der Waals surface area (Å²) in [6.07, 6.45) is 3.87. The Kier molecular flexibility index (Phi) is 12.8. The largest absolute Gasteiger partial charge is 0.450 e. The Labute approximate surface area is 251 Å². The Morgan fingerprint density at radius 3 is 2.40 bits per heavy atom. The first kappa shape index (κ1) is 34.9. The van der Waals surface area contributed by atoms with Crippen molar-refractivity contribution in [2.24, 2.45) is 23.5 Å². The summed E-state index contributed by atoms with van der Waals surface area (Å²) in [7, 11) is 1.41. The molecule has 12 nitrogen and oxygen atoms in total. The number of carbonyl (C=O) groups excluding carboxylic acids is 6. The second-order valence-electron chi connectivity index (χ2n) is 10.7. The van der Waals surface area contributed by atoms with E-state index >= 15 is 0 Å². The van der Waals surface area contributed by atoms with Gasteiger partial charge in [-0.2, -0.15) is 0 Å². The molecule has 2 rings (SSSR count). The minimum absolute atomic E-state index is 0.000569. The van der Waals surface area contributed by atoms with Gasteiger partial charge >= 0.3 is 12.2 Å². The molecule has 0 spiro atoms. The third-order valence-corrected chi connectivity index (χ3v) is 7.12. The van der Waals surface area contributed by atoms with Crippen LogP contribution in [-0.4, -0.2) is 61.4 Å². The number of amides is 3. The van der Waals surface area contributed by atoms with Crippen LogP contribution in [0.4, 0.5) is 9.59 Å². The Morgan fingerprint density at radius 1 is 1.12 bits per heavy atom. The predicted molar refractivity (Wildman–Crippen MR) is 157 cm³/mol. The van der Waals surface area contributed by atoms with Gasteiger partial charge in [0.2, 0.25) is 11.6 Å². The van der Waals surface area contributed by atoms with E-state index in [1.807, 2.05) is 6.92 Å². The molecular formula is C31H41N3O9. The van der Waals surface area contributed by atoms with E-state index in [1.165, 1.54) is 26.2 Å². The van der Waals surface area contributed by atoms with Gasteiger partial charge in [0.15, 0.2) is 6.10 Å². The first-order valence-electron chi connectivity index (χ1n) is 14.0. The van der Waals surface area contributed by atoms with E-state index in [0.717, 1.165) is 6.08 Å². The summed E-state index contributed by atoms with van der Waals surface area (Å²) in [4.78, 5) is 76.8. The summed E-state index contributed by atoms with van der Waals surface area (Å²) >= 11 is 0. The molecule has 5 atom stereocenters. The molecule has 43 heavy (non-hydrogen) atoms. The molecule has 0 aromatic carbocycles. The van der Waals surface area contributed by atoms with Crippen LogP contribution in [0.1, 0.15) is 54.4 Å². The number of ketones is 3. The van der Waals surface area contributed by atoms with Crippen LogP contribution in [-0.2, 0) is 33.4 Å². The van der Waals surface area contributed by atoms with Crippen LogP contribution in [0.25, 0.3) is 0 Å². The molecule has 1 aliphatic heterocycles. The number of nitrogens with one attached hydrogen (secondary N) is 2. The van der Waals surface area contributed by atoms with E-state index in [9.17, 15) is 28.8 Å². The van der Waals surface area contributed by atoms with E-state index in [4.69, 9.17) is 19.9 Å². The van der Waals surface area contributed by atoms with Gasteiger partial charge in [0, 0.05) is 36.2 Å². The molecule has 3 amide bonds. The van der Waals surface area contributed by atoms with Crippen LogP contribution >= 0.6 is 0 Å². The van der Waals surface area contributed by atoms with Gasteiger partial charge in [-0.3, -0.25) is 24.5 Å². The van der Waals surface area contributed by atoms with Crippen LogP contribution in [0.5, 0.6) is 0 Å². The van der Waals surface area contributed by atoms with Crippen LogP contribution in [0, 0.1) is 17.8 Å². The first-order chi connectivity index (χ1) is 20.2. The second-order valence-corrected chi connectivity index (χ2v) is 10.7. The average molecular weight is 600 g/mol. The van der Waals surface area contributed by atoms with E-state index in [2.05, 4.69) is 10.6 Å². The van der Waals surface area contributed by atoms with Gasteiger partial charge in [0.25, 0.3) is 5.91 Å². The smallest absolute Gasteiger partial charge is 0.411 e. The van der Waals surface area contributed by atoms with Crippen molar-refractivity contribution < 1.29 is 43.0 Å². The fourth-order valence-electron chi connectivity index (χ4n) is 5.01. The lowest BCUT2D eigenvalue weighted by atomic mass is 9.82. The highest BCUT2D eigenvalue weighted by atomic mass is 16.6. The average Bonchev–Trinajstić information content (AvgIpc) is 2.93. The topological polar surface area (TPSA) is 180 Å². The third kappa shape index (κ3) is 9.60. The molecule has 2 aliphatic rings. The number of Topliss-reactive ketones (excluding diaryl/α,β-unsaturated/α-hetero) is 2. The van der Waals surface area contributed by atoms with Gasteiger partial charge in [-0.05, 0) is 45.1 Å². The molecule has 0 saturated carbocycles. The van der Waals surface area contributed by atoms with Gasteiger partial charge in [-0.1, -0.05) is 45.1 Å². The molecule has 0 aromatic rings. The van der Waals surface area contributed by atoms with Crippen molar-refractivity contribution in [2.45, 2.75) is 66.6 Å².